The van der Waals surface area contributed by atoms with Crippen LogP contribution in [0.15, 0.2) is 72.8 Å². The van der Waals surface area contributed by atoms with Crippen LogP contribution < -0.4 is 19.1 Å². The van der Waals surface area contributed by atoms with E-state index in [1.807, 2.05) is 24.3 Å². The first-order valence-corrected chi connectivity index (χ1v) is 9.37. The molecule has 2 N–H and O–H groups in total. The van der Waals surface area contributed by atoms with Crippen LogP contribution in [0.5, 0.6) is 28.7 Å². The van der Waals surface area contributed by atoms with E-state index < -0.39 is 0 Å². The van der Waals surface area contributed by atoms with Gasteiger partial charge in [-0.05, 0) is 72.8 Å². The highest BCUT2D eigenvalue weighted by Crippen LogP contribution is 2.21. The van der Waals surface area contributed by atoms with Gasteiger partial charge in [-0.2, -0.15) is 0 Å². The summed E-state index contributed by atoms with van der Waals surface area (Å²) in [5.41, 5.74) is 1.04. The van der Waals surface area contributed by atoms with E-state index in [0.717, 1.165) is 11.4 Å². The third-order valence-corrected chi connectivity index (χ3v) is 4.37. The number of phenols is 2. The van der Waals surface area contributed by atoms with Gasteiger partial charge in [-0.3, -0.25) is 0 Å². The number of methoxy groups -OCH3 is 1. The van der Waals surface area contributed by atoms with Crippen molar-refractivity contribution in [2.75, 3.05) is 38.3 Å². The molecule has 29 heavy (non-hydrogen) atoms. The van der Waals surface area contributed by atoms with E-state index in [1.54, 1.807) is 55.6 Å². The number of aromatic hydroxyl groups is 2. The molecule has 0 heterocycles. The second-order valence-electron chi connectivity index (χ2n) is 6.37. The van der Waals surface area contributed by atoms with Gasteiger partial charge in [0.05, 0.1) is 20.2 Å². The molecule has 6 nitrogen and oxygen atoms in total. The van der Waals surface area contributed by atoms with Crippen molar-refractivity contribution < 1.29 is 24.4 Å². The van der Waals surface area contributed by atoms with Crippen LogP contribution in [-0.2, 0) is 0 Å². The normalized spacial score (nSPS) is 10.4. The summed E-state index contributed by atoms with van der Waals surface area (Å²) in [6.45, 7) is 2.28. The number of anilines is 1. The number of phenolic OH excluding ortho intramolecular Hbond substituents is 2. The molecular formula is C23H25NO5. The van der Waals surface area contributed by atoms with E-state index in [2.05, 4.69) is 4.90 Å². The molecule has 0 fully saturated rings. The molecule has 0 atom stereocenters. The quantitative estimate of drug-likeness (QED) is 0.539. The molecule has 0 aliphatic heterocycles. The van der Waals surface area contributed by atoms with Gasteiger partial charge in [-0.1, -0.05) is 0 Å². The minimum Gasteiger partial charge on any atom is -0.508 e. The Morgan fingerprint density at radius 1 is 0.621 bits per heavy atom. The first kappa shape index (κ1) is 20.2. The average Bonchev–Trinajstić information content (AvgIpc) is 2.75. The van der Waals surface area contributed by atoms with Gasteiger partial charge in [0.25, 0.3) is 0 Å². The molecule has 0 bridgehead atoms. The van der Waals surface area contributed by atoms with Crippen LogP contribution in [0.1, 0.15) is 0 Å². The van der Waals surface area contributed by atoms with E-state index >= 15 is 0 Å². The maximum Gasteiger partial charge on any atom is 0.119 e. The number of ether oxygens (including phenoxy) is 3. The summed E-state index contributed by atoms with van der Waals surface area (Å²) in [5.74, 6) is 2.64. The smallest absolute Gasteiger partial charge is 0.119 e. The molecule has 3 aromatic carbocycles. The number of rotatable bonds is 10. The number of hydrogen-bond donors (Lipinski definition) is 2. The number of benzene rings is 3. The molecule has 0 amide bonds. The molecule has 0 unspecified atom stereocenters. The zero-order chi connectivity index (χ0) is 20.5. The van der Waals surface area contributed by atoms with Crippen LogP contribution in [0, 0.1) is 0 Å². The van der Waals surface area contributed by atoms with Gasteiger partial charge in [0, 0.05) is 5.69 Å². The zero-order valence-corrected chi connectivity index (χ0v) is 16.3. The Morgan fingerprint density at radius 3 is 1.45 bits per heavy atom. The van der Waals surface area contributed by atoms with Crippen LogP contribution >= 0.6 is 0 Å². The molecule has 0 spiro atoms. The summed E-state index contributed by atoms with van der Waals surface area (Å²) in [4.78, 5) is 2.17. The maximum atomic E-state index is 9.37. The van der Waals surface area contributed by atoms with Crippen LogP contribution in [0.25, 0.3) is 0 Å². The molecule has 0 aliphatic rings. The first-order valence-electron chi connectivity index (χ1n) is 9.37. The lowest BCUT2D eigenvalue weighted by Crippen LogP contribution is -2.32. The third kappa shape index (κ3) is 6.24. The molecule has 3 aromatic rings. The van der Waals surface area contributed by atoms with Crippen molar-refractivity contribution in [1.82, 2.24) is 0 Å². The van der Waals surface area contributed by atoms with Crippen molar-refractivity contribution in [1.29, 1.82) is 0 Å². The molecule has 0 radical (unpaired) electrons. The predicted molar refractivity (Wildman–Crippen MR) is 112 cm³/mol. The Morgan fingerprint density at radius 2 is 1.03 bits per heavy atom. The largest absolute Gasteiger partial charge is 0.508 e. The monoisotopic (exact) mass is 395 g/mol. The lowest BCUT2D eigenvalue weighted by Gasteiger charge is -2.25. The predicted octanol–water partition coefficient (Wildman–Crippen LogP) is 4.07. The molecule has 152 valence electrons. The molecule has 0 aromatic heterocycles. The van der Waals surface area contributed by atoms with E-state index in [-0.39, 0.29) is 11.5 Å². The fraction of sp³-hybridized carbons (Fsp3) is 0.217. The number of hydrogen-bond acceptors (Lipinski definition) is 6. The molecule has 3 rings (SSSR count). The van der Waals surface area contributed by atoms with E-state index in [9.17, 15) is 10.2 Å². The topological polar surface area (TPSA) is 71.4 Å². The third-order valence-electron chi connectivity index (χ3n) is 4.37. The Bertz CT molecular complexity index is 812. The van der Waals surface area contributed by atoms with Crippen molar-refractivity contribution in [3.05, 3.63) is 72.8 Å². The van der Waals surface area contributed by atoms with E-state index in [1.165, 1.54) is 0 Å². The van der Waals surface area contributed by atoms with Gasteiger partial charge >= 0.3 is 0 Å². The summed E-state index contributed by atoms with van der Waals surface area (Å²) in [5, 5.41) is 18.7. The second kappa shape index (κ2) is 10.1. The van der Waals surface area contributed by atoms with Gasteiger partial charge in [0.2, 0.25) is 0 Å². The van der Waals surface area contributed by atoms with Crippen LogP contribution in [0.4, 0.5) is 5.69 Å². The van der Waals surface area contributed by atoms with Crippen molar-refractivity contribution in [3.63, 3.8) is 0 Å². The lowest BCUT2D eigenvalue weighted by molar-refractivity contribution is 0.303. The number of nitrogens with zero attached hydrogens (tertiary/aromatic N) is 1. The summed E-state index contributed by atoms with van der Waals surface area (Å²) in [6, 6.07) is 21.2. The minimum atomic E-state index is 0.212. The minimum absolute atomic E-state index is 0.212. The van der Waals surface area contributed by atoms with Gasteiger partial charge in [-0.25, -0.2) is 0 Å². The van der Waals surface area contributed by atoms with E-state index in [0.29, 0.717) is 37.8 Å². The standard InChI is InChI=1S/C23H25NO5/c1-27-21-8-2-18(3-9-21)24(14-16-28-22-10-4-19(25)5-11-22)15-17-29-23-12-6-20(26)7-13-23/h2-13,25-26H,14-17H2,1H3. The molecular weight excluding hydrogens is 370 g/mol. The SMILES string of the molecule is COc1ccc(N(CCOc2ccc(O)cc2)CCOc2ccc(O)cc2)cc1. The van der Waals surface area contributed by atoms with Crippen molar-refractivity contribution in [3.8, 4) is 28.7 Å². The van der Waals surface area contributed by atoms with Gasteiger partial charge in [0.1, 0.15) is 42.0 Å². The second-order valence-corrected chi connectivity index (χ2v) is 6.37. The Kier molecular flexibility index (Phi) is 7.05. The summed E-state index contributed by atoms with van der Waals surface area (Å²) < 4.78 is 16.8. The van der Waals surface area contributed by atoms with Crippen LogP contribution in [0.2, 0.25) is 0 Å². The maximum absolute atomic E-state index is 9.37. The Hall–Kier alpha value is -3.54. The molecule has 0 aliphatic carbocycles. The molecule has 6 heteroatoms. The Balaban J connectivity index is 1.58. The van der Waals surface area contributed by atoms with Crippen molar-refractivity contribution in [2.24, 2.45) is 0 Å². The first-order chi connectivity index (χ1) is 14.1. The molecule has 0 saturated carbocycles. The zero-order valence-electron chi connectivity index (χ0n) is 16.3. The van der Waals surface area contributed by atoms with Crippen molar-refractivity contribution in [2.45, 2.75) is 0 Å². The van der Waals surface area contributed by atoms with Gasteiger partial charge < -0.3 is 29.3 Å². The fourth-order valence-corrected chi connectivity index (χ4v) is 2.80. The molecule has 0 saturated heterocycles. The fourth-order valence-electron chi connectivity index (χ4n) is 2.80. The van der Waals surface area contributed by atoms with Gasteiger partial charge in [-0.15, -0.1) is 0 Å². The van der Waals surface area contributed by atoms with Crippen molar-refractivity contribution >= 4 is 5.69 Å². The highest BCUT2D eigenvalue weighted by Gasteiger charge is 2.08. The average molecular weight is 395 g/mol. The van der Waals surface area contributed by atoms with E-state index in [4.69, 9.17) is 14.2 Å². The summed E-state index contributed by atoms with van der Waals surface area (Å²) >= 11 is 0. The summed E-state index contributed by atoms with van der Waals surface area (Å²) in [6.07, 6.45) is 0. The highest BCUT2D eigenvalue weighted by atomic mass is 16.5. The lowest BCUT2D eigenvalue weighted by atomic mass is 10.2. The van der Waals surface area contributed by atoms with Crippen LogP contribution in [0.3, 0.4) is 0 Å². The Labute approximate surface area is 170 Å². The van der Waals surface area contributed by atoms with Gasteiger partial charge in [0.15, 0.2) is 0 Å². The summed E-state index contributed by atoms with van der Waals surface area (Å²) in [7, 11) is 1.64. The highest BCUT2D eigenvalue weighted by molar-refractivity contribution is 5.49. The van der Waals surface area contributed by atoms with Crippen LogP contribution in [-0.4, -0.2) is 43.6 Å².